The molecule has 1 aliphatic carbocycles. The van der Waals surface area contributed by atoms with Crippen LogP contribution in [-0.4, -0.2) is 22.2 Å². The molecule has 1 atom stereocenters. The Morgan fingerprint density at radius 3 is 2.67 bits per heavy atom. The van der Waals surface area contributed by atoms with Crippen molar-refractivity contribution in [2.24, 2.45) is 0 Å². The molecule has 86 valence electrons. The maximum atomic E-state index is 10.6. The van der Waals surface area contributed by atoms with Crippen LogP contribution in [0.4, 0.5) is 0 Å². The fraction of sp³-hybridized carbons (Fsp3) is 0.692. The Labute approximate surface area is 97.7 Å². The predicted octanol–water partition coefficient (Wildman–Crippen LogP) is 3.55. The third-order valence-electron chi connectivity index (χ3n) is 3.19. The van der Waals surface area contributed by atoms with Crippen LogP contribution in [0.15, 0.2) is 22.8 Å². The molecule has 0 aliphatic heterocycles. The average Bonchev–Trinajstić information content (AvgIpc) is 2.14. The Hall–Kier alpha value is -0.210. The van der Waals surface area contributed by atoms with E-state index in [-0.39, 0.29) is 0 Å². The van der Waals surface area contributed by atoms with Gasteiger partial charge in [0, 0.05) is 6.42 Å². The first-order chi connectivity index (χ1) is 6.99. The van der Waals surface area contributed by atoms with Crippen LogP contribution in [-0.2, 0) is 0 Å². The van der Waals surface area contributed by atoms with Gasteiger partial charge in [-0.1, -0.05) is 18.6 Å². The van der Waals surface area contributed by atoms with Gasteiger partial charge in [-0.2, -0.15) is 11.8 Å². The number of thioether (sulfide) groups is 1. The van der Waals surface area contributed by atoms with Gasteiger partial charge in [-0.3, -0.25) is 0 Å². The van der Waals surface area contributed by atoms with Crippen molar-refractivity contribution in [3.05, 3.63) is 22.8 Å². The molecule has 0 radical (unpaired) electrons. The first kappa shape index (κ1) is 12.9. The van der Waals surface area contributed by atoms with E-state index in [9.17, 15) is 5.11 Å². The molecule has 1 unspecified atom stereocenters. The molecule has 0 aromatic carbocycles. The quantitative estimate of drug-likeness (QED) is 0.740. The Morgan fingerprint density at radius 2 is 2.07 bits per heavy atom. The summed E-state index contributed by atoms with van der Waals surface area (Å²) in [6.45, 7) is 8.42. The number of rotatable bonds is 4. The van der Waals surface area contributed by atoms with Gasteiger partial charge in [0.1, 0.15) is 0 Å². The molecule has 15 heavy (non-hydrogen) atoms. The lowest BCUT2D eigenvalue weighted by Gasteiger charge is -2.34. The summed E-state index contributed by atoms with van der Waals surface area (Å²) in [7, 11) is 0. The van der Waals surface area contributed by atoms with Crippen molar-refractivity contribution in [2.45, 2.75) is 46.1 Å². The van der Waals surface area contributed by atoms with Gasteiger partial charge < -0.3 is 5.11 Å². The molecule has 0 aromatic heterocycles. The van der Waals surface area contributed by atoms with Crippen molar-refractivity contribution in [2.75, 3.05) is 11.5 Å². The number of aliphatic hydroxyl groups is 1. The Kier molecular flexibility index (Phi) is 4.47. The van der Waals surface area contributed by atoms with E-state index in [0.717, 1.165) is 29.9 Å². The molecular formula is C13H22OS. The lowest BCUT2D eigenvalue weighted by molar-refractivity contribution is 0.0732. The molecule has 0 amide bonds. The van der Waals surface area contributed by atoms with E-state index in [0.29, 0.717) is 0 Å². The van der Waals surface area contributed by atoms with E-state index in [2.05, 4.69) is 33.8 Å². The number of hydrogen-bond acceptors (Lipinski definition) is 2. The Morgan fingerprint density at radius 1 is 1.40 bits per heavy atom. The van der Waals surface area contributed by atoms with Crippen LogP contribution >= 0.6 is 11.8 Å². The van der Waals surface area contributed by atoms with Gasteiger partial charge >= 0.3 is 0 Å². The molecule has 0 aromatic rings. The molecule has 0 spiro atoms. The summed E-state index contributed by atoms with van der Waals surface area (Å²) in [6, 6.07) is 0. The van der Waals surface area contributed by atoms with Gasteiger partial charge in [-0.15, -0.1) is 0 Å². The van der Waals surface area contributed by atoms with Crippen LogP contribution in [0, 0.1) is 0 Å². The third-order valence-corrected chi connectivity index (χ3v) is 4.09. The highest BCUT2D eigenvalue weighted by atomic mass is 32.2. The van der Waals surface area contributed by atoms with E-state index >= 15 is 0 Å². The first-order valence-corrected chi connectivity index (χ1v) is 6.80. The van der Waals surface area contributed by atoms with Crippen LogP contribution in [0.25, 0.3) is 0 Å². The molecule has 0 saturated carbocycles. The molecule has 1 N–H and O–H groups in total. The number of hydrogen-bond donors (Lipinski definition) is 1. The van der Waals surface area contributed by atoms with Gasteiger partial charge in [-0.25, -0.2) is 0 Å². The molecule has 0 bridgehead atoms. The van der Waals surface area contributed by atoms with Crippen molar-refractivity contribution < 1.29 is 5.11 Å². The summed E-state index contributed by atoms with van der Waals surface area (Å²) in [6.07, 6.45) is 3.87. The maximum Gasteiger partial charge on any atom is 0.0904 e. The highest BCUT2D eigenvalue weighted by Gasteiger charge is 2.32. The second-order valence-corrected chi connectivity index (χ2v) is 5.85. The topological polar surface area (TPSA) is 20.2 Å². The lowest BCUT2D eigenvalue weighted by Crippen LogP contribution is -2.33. The minimum atomic E-state index is -0.578. The van der Waals surface area contributed by atoms with Crippen molar-refractivity contribution in [1.82, 2.24) is 0 Å². The Bertz CT molecular complexity index is 291. The zero-order valence-electron chi connectivity index (χ0n) is 10.3. The minimum absolute atomic E-state index is 0.578. The van der Waals surface area contributed by atoms with Crippen LogP contribution < -0.4 is 0 Å². The van der Waals surface area contributed by atoms with Crippen LogP contribution in [0.5, 0.6) is 0 Å². The molecule has 1 rings (SSSR count). The van der Waals surface area contributed by atoms with E-state index in [1.165, 1.54) is 11.1 Å². The summed E-state index contributed by atoms with van der Waals surface area (Å²) >= 11 is 1.90. The van der Waals surface area contributed by atoms with E-state index in [1.54, 1.807) is 0 Å². The van der Waals surface area contributed by atoms with Crippen molar-refractivity contribution in [1.29, 1.82) is 0 Å². The first-order valence-electron chi connectivity index (χ1n) is 5.65. The summed E-state index contributed by atoms with van der Waals surface area (Å²) in [4.78, 5) is 0. The molecule has 0 heterocycles. The normalized spacial score (nSPS) is 26.9. The third kappa shape index (κ3) is 3.12. The molecule has 1 nitrogen and oxygen atoms in total. The van der Waals surface area contributed by atoms with Crippen LogP contribution in [0.2, 0.25) is 0 Å². The smallest absolute Gasteiger partial charge is 0.0904 e. The standard InChI is InChI=1S/C13H22OS/c1-5-15-7-6-13(14)9-10(2)8-11(3)12(13)4/h8,14H,5-7,9H2,1-4H3. The lowest BCUT2D eigenvalue weighted by atomic mass is 9.79. The van der Waals surface area contributed by atoms with Crippen molar-refractivity contribution in [3.63, 3.8) is 0 Å². The summed E-state index contributed by atoms with van der Waals surface area (Å²) in [5.41, 5.74) is 3.11. The summed E-state index contributed by atoms with van der Waals surface area (Å²) in [5.74, 6) is 2.18. The molecular weight excluding hydrogens is 204 g/mol. The Balaban J connectivity index is 2.72. The minimum Gasteiger partial charge on any atom is -0.385 e. The van der Waals surface area contributed by atoms with Crippen molar-refractivity contribution >= 4 is 11.8 Å². The molecule has 0 saturated heterocycles. The second-order valence-electron chi connectivity index (χ2n) is 4.45. The van der Waals surface area contributed by atoms with E-state index in [1.807, 2.05) is 11.8 Å². The molecule has 2 heteroatoms. The van der Waals surface area contributed by atoms with Gasteiger partial charge in [0.05, 0.1) is 5.60 Å². The van der Waals surface area contributed by atoms with Gasteiger partial charge in [-0.05, 0) is 49.8 Å². The van der Waals surface area contributed by atoms with Gasteiger partial charge in [0.15, 0.2) is 0 Å². The summed E-state index contributed by atoms with van der Waals surface area (Å²) in [5, 5.41) is 10.6. The highest BCUT2D eigenvalue weighted by Crippen LogP contribution is 2.36. The summed E-state index contributed by atoms with van der Waals surface area (Å²) < 4.78 is 0. The molecule has 1 aliphatic rings. The zero-order valence-corrected chi connectivity index (χ0v) is 11.1. The fourth-order valence-electron chi connectivity index (χ4n) is 2.15. The largest absolute Gasteiger partial charge is 0.385 e. The molecule has 0 fully saturated rings. The van der Waals surface area contributed by atoms with E-state index in [4.69, 9.17) is 0 Å². The number of allylic oxidation sites excluding steroid dienone is 2. The van der Waals surface area contributed by atoms with Crippen molar-refractivity contribution in [3.8, 4) is 0 Å². The maximum absolute atomic E-state index is 10.6. The predicted molar refractivity (Wildman–Crippen MR) is 69.3 cm³/mol. The average molecular weight is 226 g/mol. The second kappa shape index (κ2) is 5.22. The highest BCUT2D eigenvalue weighted by molar-refractivity contribution is 7.99. The fourth-order valence-corrected chi connectivity index (χ4v) is 2.92. The zero-order chi connectivity index (χ0) is 11.5. The van der Waals surface area contributed by atoms with Crippen LogP contribution in [0.1, 0.15) is 40.5 Å². The van der Waals surface area contributed by atoms with Crippen LogP contribution in [0.3, 0.4) is 0 Å². The van der Waals surface area contributed by atoms with Gasteiger partial charge in [0.2, 0.25) is 0 Å². The monoisotopic (exact) mass is 226 g/mol. The van der Waals surface area contributed by atoms with E-state index < -0.39 is 5.60 Å². The SMILES string of the molecule is CCSCCC1(O)CC(C)=CC(C)=C1C. The van der Waals surface area contributed by atoms with Gasteiger partial charge in [0.25, 0.3) is 0 Å².